The van der Waals surface area contributed by atoms with E-state index in [4.69, 9.17) is 0 Å². The summed E-state index contributed by atoms with van der Waals surface area (Å²) in [5.74, 6) is 0. The standard InChI is InChI=1S/C25H24N6O3S2/c1-18-23(24(32)31(29(18)2)20-7-4-3-5-8-20)27-17-21-9-6-15-30(21)19-10-12-22(13-11-19)36(33,34)28-25-26-14-16-35-25/h3-16,27H,17H2,1-2H3,(H,26,28). The Labute approximate surface area is 212 Å². The molecule has 0 aliphatic heterocycles. The van der Waals surface area contributed by atoms with E-state index in [0.717, 1.165) is 22.8 Å². The van der Waals surface area contributed by atoms with Crippen LogP contribution in [-0.2, 0) is 23.6 Å². The van der Waals surface area contributed by atoms with Crippen LogP contribution in [-0.4, -0.2) is 27.3 Å². The number of rotatable bonds is 8. The van der Waals surface area contributed by atoms with E-state index in [9.17, 15) is 13.2 Å². The average Bonchev–Trinajstić information content (AvgIpc) is 3.60. The van der Waals surface area contributed by atoms with Gasteiger partial charge in [0.05, 0.1) is 22.8 Å². The van der Waals surface area contributed by atoms with Crippen molar-refractivity contribution < 1.29 is 8.42 Å². The molecule has 36 heavy (non-hydrogen) atoms. The first-order valence-electron chi connectivity index (χ1n) is 11.1. The van der Waals surface area contributed by atoms with Crippen molar-refractivity contribution in [1.82, 2.24) is 18.9 Å². The lowest BCUT2D eigenvalue weighted by atomic mass is 10.3. The molecule has 2 aromatic carbocycles. The van der Waals surface area contributed by atoms with Crippen molar-refractivity contribution in [3.8, 4) is 11.4 Å². The van der Waals surface area contributed by atoms with E-state index in [1.54, 1.807) is 40.5 Å². The van der Waals surface area contributed by atoms with Gasteiger partial charge < -0.3 is 9.88 Å². The first-order valence-corrected chi connectivity index (χ1v) is 13.5. The van der Waals surface area contributed by atoms with E-state index >= 15 is 0 Å². The lowest BCUT2D eigenvalue weighted by molar-refractivity contribution is 0.601. The summed E-state index contributed by atoms with van der Waals surface area (Å²) in [6.07, 6.45) is 3.44. The third-order valence-corrected chi connectivity index (χ3v) is 8.09. The molecule has 0 saturated heterocycles. The minimum Gasteiger partial charge on any atom is -0.373 e. The zero-order chi connectivity index (χ0) is 25.3. The van der Waals surface area contributed by atoms with Crippen molar-refractivity contribution in [3.63, 3.8) is 0 Å². The molecule has 0 bridgehead atoms. The van der Waals surface area contributed by atoms with Crippen LogP contribution in [0.1, 0.15) is 11.4 Å². The highest BCUT2D eigenvalue weighted by molar-refractivity contribution is 7.93. The van der Waals surface area contributed by atoms with Gasteiger partial charge in [-0.15, -0.1) is 11.3 Å². The zero-order valence-corrected chi connectivity index (χ0v) is 21.3. The number of hydrogen-bond donors (Lipinski definition) is 2. The van der Waals surface area contributed by atoms with E-state index in [2.05, 4.69) is 15.0 Å². The first-order chi connectivity index (χ1) is 17.3. The Kier molecular flexibility index (Phi) is 6.25. The molecule has 0 amide bonds. The normalized spacial score (nSPS) is 11.5. The molecule has 0 saturated carbocycles. The number of thiazole rings is 1. The van der Waals surface area contributed by atoms with Crippen LogP contribution < -0.4 is 15.6 Å². The van der Waals surface area contributed by atoms with Crippen LogP contribution in [0.15, 0.2) is 94.2 Å². The average molecular weight is 521 g/mol. The number of aromatic nitrogens is 4. The number of anilines is 2. The van der Waals surface area contributed by atoms with Gasteiger partial charge in [0.25, 0.3) is 15.6 Å². The summed E-state index contributed by atoms with van der Waals surface area (Å²) in [6, 6.07) is 20.0. The van der Waals surface area contributed by atoms with Crippen LogP contribution in [0.2, 0.25) is 0 Å². The van der Waals surface area contributed by atoms with Crippen molar-refractivity contribution in [2.45, 2.75) is 18.4 Å². The van der Waals surface area contributed by atoms with E-state index < -0.39 is 10.0 Å². The van der Waals surface area contributed by atoms with Gasteiger partial charge >= 0.3 is 0 Å². The summed E-state index contributed by atoms with van der Waals surface area (Å²) in [6.45, 7) is 2.31. The zero-order valence-electron chi connectivity index (χ0n) is 19.6. The fraction of sp³-hybridized carbons (Fsp3) is 0.120. The topological polar surface area (TPSA) is 103 Å². The van der Waals surface area contributed by atoms with Gasteiger partial charge in [0.15, 0.2) is 5.13 Å². The van der Waals surface area contributed by atoms with Crippen molar-refractivity contribution in [3.05, 3.63) is 106 Å². The second-order valence-electron chi connectivity index (χ2n) is 8.10. The Balaban J connectivity index is 1.36. The molecule has 0 unspecified atom stereocenters. The number of sulfonamides is 1. The summed E-state index contributed by atoms with van der Waals surface area (Å²) in [4.78, 5) is 17.3. The monoisotopic (exact) mass is 520 g/mol. The third kappa shape index (κ3) is 4.45. The molecule has 5 rings (SSSR count). The van der Waals surface area contributed by atoms with Gasteiger partial charge in [-0.25, -0.2) is 18.1 Å². The molecule has 0 aliphatic carbocycles. The van der Waals surface area contributed by atoms with Crippen LogP contribution in [0.4, 0.5) is 10.8 Å². The van der Waals surface area contributed by atoms with Crippen molar-refractivity contribution in [2.24, 2.45) is 7.05 Å². The largest absolute Gasteiger partial charge is 0.373 e. The van der Waals surface area contributed by atoms with E-state index in [1.807, 2.05) is 71.9 Å². The van der Waals surface area contributed by atoms with E-state index in [-0.39, 0.29) is 10.5 Å². The molecule has 9 nitrogen and oxygen atoms in total. The summed E-state index contributed by atoms with van der Waals surface area (Å²) in [5.41, 5.74) is 3.75. The molecule has 3 aromatic heterocycles. The lowest BCUT2D eigenvalue weighted by Crippen LogP contribution is -2.21. The Hall–Kier alpha value is -4.09. The SMILES string of the molecule is Cc1c(NCc2cccn2-c2ccc(S(=O)(=O)Nc3nccs3)cc2)c(=O)n(-c2ccccc2)n1C. The van der Waals surface area contributed by atoms with Gasteiger partial charge in [-0.05, 0) is 55.5 Å². The second kappa shape index (κ2) is 9.51. The molecule has 0 aliphatic rings. The van der Waals surface area contributed by atoms with Gasteiger partial charge in [0, 0.05) is 36.2 Å². The Bertz CT molecular complexity index is 1650. The van der Waals surface area contributed by atoms with Gasteiger partial charge in [-0.3, -0.25) is 14.2 Å². The van der Waals surface area contributed by atoms with Crippen LogP contribution in [0.5, 0.6) is 0 Å². The first kappa shape index (κ1) is 23.6. The Morgan fingerprint density at radius 1 is 0.972 bits per heavy atom. The summed E-state index contributed by atoms with van der Waals surface area (Å²) in [7, 11) is -1.86. The molecule has 0 radical (unpaired) electrons. The highest BCUT2D eigenvalue weighted by Crippen LogP contribution is 2.21. The molecule has 0 spiro atoms. The molecule has 5 aromatic rings. The number of nitrogens with one attached hydrogen (secondary N) is 2. The smallest absolute Gasteiger partial charge is 0.295 e. The number of hydrogen-bond acceptors (Lipinski definition) is 6. The van der Waals surface area contributed by atoms with Crippen LogP contribution in [0, 0.1) is 6.92 Å². The molecular weight excluding hydrogens is 496 g/mol. The number of nitrogens with zero attached hydrogens (tertiary/aromatic N) is 4. The molecule has 184 valence electrons. The highest BCUT2D eigenvalue weighted by atomic mass is 32.2. The molecule has 11 heteroatoms. The maximum atomic E-state index is 13.2. The van der Waals surface area contributed by atoms with Gasteiger partial charge in [0.2, 0.25) is 0 Å². The quantitative estimate of drug-likeness (QED) is 0.320. The lowest BCUT2D eigenvalue weighted by Gasteiger charge is -2.12. The van der Waals surface area contributed by atoms with Crippen molar-refractivity contribution >= 4 is 32.2 Å². The van der Waals surface area contributed by atoms with Gasteiger partial charge in [-0.2, -0.15) is 0 Å². The maximum Gasteiger partial charge on any atom is 0.295 e. The van der Waals surface area contributed by atoms with Crippen molar-refractivity contribution in [1.29, 1.82) is 0 Å². The number of benzene rings is 2. The predicted molar refractivity (Wildman–Crippen MR) is 142 cm³/mol. The van der Waals surface area contributed by atoms with Crippen molar-refractivity contribution in [2.75, 3.05) is 10.0 Å². The second-order valence-corrected chi connectivity index (χ2v) is 10.7. The van der Waals surface area contributed by atoms with E-state index in [1.165, 1.54) is 11.3 Å². The molecule has 0 atom stereocenters. The maximum absolute atomic E-state index is 13.2. The Morgan fingerprint density at radius 3 is 2.42 bits per heavy atom. The van der Waals surface area contributed by atoms with Gasteiger partial charge in [-0.1, -0.05) is 18.2 Å². The fourth-order valence-corrected chi connectivity index (χ4v) is 5.79. The number of para-hydroxylation sites is 1. The van der Waals surface area contributed by atoms with Gasteiger partial charge in [0.1, 0.15) is 5.69 Å². The summed E-state index contributed by atoms with van der Waals surface area (Å²) < 4.78 is 33.1. The van der Waals surface area contributed by atoms with Crippen LogP contribution in [0.25, 0.3) is 11.4 Å². The molecule has 2 N–H and O–H groups in total. The fourth-order valence-electron chi connectivity index (χ4n) is 4.00. The third-order valence-electron chi connectivity index (χ3n) is 5.91. The highest BCUT2D eigenvalue weighted by Gasteiger charge is 2.18. The van der Waals surface area contributed by atoms with Crippen LogP contribution in [0.3, 0.4) is 0 Å². The van der Waals surface area contributed by atoms with Crippen LogP contribution >= 0.6 is 11.3 Å². The molecule has 0 fully saturated rings. The minimum absolute atomic E-state index is 0.124. The molecule has 3 heterocycles. The predicted octanol–water partition coefficient (Wildman–Crippen LogP) is 4.14. The summed E-state index contributed by atoms with van der Waals surface area (Å²) in [5, 5.41) is 5.32. The van der Waals surface area contributed by atoms with E-state index in [0.29, 0.717) is 17.4 Å². The molecular formula is C25H24N6O3S2. The Morgan fingerprint density at radius 2 is 1.72 bits per heavy atom. The summed E-state index contributed by atoms with van der Waals surface area (Å²) >= 11 is 1.22. The minimum atomic E-state index is -3.72.